The van der Waals surface area contributed by atoms with Crippen LogP contribution in [0.3, 0.4) is 0 Å². The molecule has 28 heavy (non-hydrogen) atoms. The molecule has 1 heterocycles. The molecule has 0 spiro atoms. The van der Waals surface area contributed by atoms with Crippen molar-refractivity contribution in [3.8, 4) is 0 Å². The number of likely N-dealkylation sites (N-methyl/N-ethyl adjacent to an activating group) is 1. The summed E-state index contributed by atoms with van der Waals surface area (Å²) in [6.45, 7) is 5.38. The van der Waals surface area contributed by atoms with Gasteiger partial charge in [-0.25, -0.2) is 0 Å². The van der Waals surface area contributed by atoms with Crippen molar-refractivity contribution in [1.82, 2.24) is 15.1 Å². The van der Waals surface area contributed by atoms with E-state index in [9.17, 15) is 14.4 Å². The smallest absolute Gasteiger partial charge is 0.243 e. The van der Waals surface area contributed by atoms with E-state index in [4.69, 9.17) is 0 Å². The van der Waals surface area contributed by atoms with Crippen molar-refractivity contribution >= 4 is 17.7 Å². The Morgan fingerprint density at radius 1 is 1.14 bits per heavy atom. The molecule has 2 aliphatic carbocycles. The van der Waals surface area contributed by atoms with Crippen LogP contribution < -0.4 is 5.32 Å². The Balaban J connectivity index is 1.62. The standard InChI is InChI=1S/C22H35N3O3/c1-15(2)14-19(20(26)23-12-13-24(3)16-8-4-5-9-16)25-21(27)17-10-6-7-11-18(17)22(25)28/h6-7,15-19H,4-5,8-14H2,1-3H3,(H,23,26). The van der Waals surface area contributed by atoms with Crippen molar-refractivity contribution in [3.05, 3.63) is 12.2 Å². The fraction of sp³-hybridized carbons (Fsp3) is 0.773. The highest BCUT2D eigenvalue weighted by Gasteiger charge is 2.51. The number of carbonyl (C=O) groups excluding carboxylic acids is 3. The first-order valence-corrected chi connectivity index (χ1v) is 10.9. The van der Waals surface area contributed by atoms with Crippen LogP contribution in [0.15, 0.2) is 12.2 Å². The van der Waals surface area contributed by atoms with Gasteiger partial charge < -0.3 is 10.2 Å². The van der Waals surface area contributed by atoms with Crippen molar-refractivity contribution in [1.29, 1.82) is 0 Å². The number of amides is 3. The van der Waals surface area contributed by atoms with Crippen LogP contribution in [-0.4, -0.2) is 59.7 Å². The number of nitrogens with one attached hydrogen (secondary N) is 1. The number of fused-ring (bicyclic) bond motifs is 1. The number of hydrogen-bond acceptors (Lipinski definition) is 4. The largest absolute Gasteiger partial charge is 0.353 e. The lowest BCUT2D eigenvalue weighted by molar-refractivity contribution is -0.148. The molecule has 1 aliphatic heterocycles. The van der Waals surface area contributed by atoms with E-state index in [2.05, 4.69) is 17.3 Å². The maximum absolute atomic E-state index is 13.0. The molecular weight excluding hydrogens is 354 g/mol. The van der Waals surface area contributed by atoms with E-state index in [1.165, 1.54) is 30.6 Å². The molecule has 0 aromatic heterocycles. The lowest BCUT2D eigenvalue weighted by atomic mass is 9.85. The first-order valence-electron chi connectivity index (χ1n) is 10.9. The fourth-order valence-electron chi connectivity index (χ4n) is 4.91. The van der Waals surface area contributed by atoms with Gasteiger partial charge in [-0.2, -0.15) is 0 Å². The van der Waals surface area contributed by atoms with Crippen molar-refractivity contribution in [2.45, 2.75) is 70.9 Å². The second-order valence-electron chi connectivity index (χ2n) is 9.06. The zero-order chi connectivity index (χ0) is 20.3. The predicted molar refractivity (Wildman–Crippen MR) is 108 cm³/mol. The lowest BCUT2D eigenvalue weighted by Crippen LogP contribution is -2.51. The molecular formula is C22H35N3O3. The zero-order valence-corrected chi connectivity index (χ0v) is 17.5. The summed E-state index contributed by atoms with van der Waals surface area (Å²) in [5.41, 5.74) is 0. The molecule has 1 N–H and O–H groups in total. The molecule has 6 nitrogen and oxygen atoms in total. The van der Waals surface area contributed by atoms with E-state index in [-0.39, 0.29) is 35.5 Å². The Labute approximate surface area is 168 Å². The molecule has 0 aromatic rings. The summed E-state index contributed by atoms with van der Waals surface area (Å²) in [6, 6.07) is -0.0805. The predicted octanol–water partition coefficient (Wildman–Crippen LogP) is 2.34. The third kappa shape index (κ3) is 4.48. The summed E-state index contributed by atoms with van der Waals surface area (Å²) in [5, 5.41) is 3.00. The van der Waals surface area contributed by atoms with Crippen LogP contribution in [0.25, 0.3) is 0 Å². The van der Waals surface area contributed by atoms with Crippen LogP contribution in [0.2, 0.25) is 0 Å². The maximum Gasteiger partial charge on any atom is 0.243 e. The van der Waals surface area contributed by atoms with Gasteiger partial charge >= 0.3 is 0 Å². The minimum atomic E-state index is -0.692. The number of nitrogens with zero attached hydrogens (tertiary/aromatic N) is 2. The van der Waals surface area contributed by atoms with E-state index in [1.54, 1.807) is 0 Å². The molecule has 3 aliphatic rings. The zero-order valence-electron chi connectivity index (χ0n) is 17.5. The van der Waals surface area contributed by atoms with E-state index in [1.807, 2.05) is 26.0 Å². The van der Waals surface area contributed by atoms with Gasteiger partial charge in [0.1, 0.15) is 6.04 Å². The monoisotopic (exact) mass is 389 g/mol. The third-order valence-corrected chi connectivity index (χ3v) is 6.56. The van der Waals surface area contributed by atoms with E-state index in [0.29, 0.717) is 31.8 Å². The molecule has 1 saturated carbocycles. The van der Waals surface area contributed by atoms with Gasteiger partial charge in [0.2, 0.25) is 17.7 Å². The molecule has 156 valence electrons. The molecule has 3 amide bonds. The Morgan fingerprint density at radius 3 is 2.25 bits per heavy atom. The van der Waals surface area contributed by atoms with Crippen LogP contribution in [0.5, 0.6) is 0 Å². The highest BCUT2D eigenvalue weighted by Crippen LogP contribution is 2.37. The first kappa shape index (κ1) is 21.0. The second kappa shape index (κ2) is 9.21. The Bertz CT molecular complexity index is 599. The number of likely N-dealkylation sites (tertiary alicyclic amines) is 1. The number of carbonyl (C=O) groups is 3. The second-order valence-corrected chi connectivity index (χ2v) is 9.06. The van der Waals surface area contributed by atoms with Gasteiger partial charge in [-0.3, -0.25) is 19.3 Å². The van der Waals surface area contributed by atoms with Crippen molar-refractivity contribution in [3.63, 3.8) is 0 Å². The Morgan fingerprint density at radius 2 is 1.71 bits per heavy atom. The van der Waals surface area contributed by atoms with Crippen LogP contribution in [0.4, 0.5) is 0 Å². The van der Waals surface area contributed by atoms with Crippen LogP contribution in [0.1, 0.15) is 58.8 Å². The molecule has 3 unspecified atom stereocenters. The Hall–Kier alpha value is -1.69. The van der Waals surface area contributed by atoms with Gasteiger partial charge in [-0.15, -0.1) is 0 Å². The molecule has 2 fully saturated rings. The molecule has 1 saturated heterocycles. The average Bonchev–Trinajstić information content (AvgIpc) is 3.28. The Kier molecular flexibility index (Phi) is 6.91. The lowest BCUT2D eigenvalue weighted by Gasteiger charge is -2.28. The van der Waals surface area contributed by atoms with E-state index >= 15 is 0 Å². The highest BCUT2D eigenvalue weighted by molar-refractivity contribution is 6.08. The van der Waals surface area contributed by atoms with Crippen LogP contribution in [-0.2, 0) is 14.4 Å². The number of rotatable bonds is 8. The first-order chi connectivity index (χ1) is 13.4. The fourth-order valence-corrected chi connectivity index (χ4v) is 4.91. The highest BCUT2D eigenvalue weighted by atomic mass is 16.2. The summed E-state index contributed by atoms with van der Waals surface area (Å²) < 4.78 is 0. The molecule has 3 atom stereocenters. The van der Waals surface area contributed by atoms with Crippen molar-refractivity contribution < 1.29 is 14.4 Å². The maximum atomic E-state index is 13.0. The van der Waals surface area contributed by atoms with E-state index < -0.39 is 6.04 Å². The summed E-state index contributed by atoms with van der Waals surface area (Å²) in [5.74, 6) is -0.867. The SMILES string of the molecule is CC(C)CC(C(=O)NCCN(C)C1CCCC1)N1C(=O)C2CC=CCC2C1=O. The quantitative estimate of drug-likeness (QED) is 0.511. The van der Waals surface area contributed by atoms with Gasteiger partial charge in [0.05, 0.1) is 11.8 Å². The molecule has 0 radical (unpaired) electrons. The van der Waals surface area contributed by atoms with Gasteiger partial charge in [-0.05, 0) is 45.1 Å². The molecule has 6 heteroatoms. The summed E-state index contributed by atoms with van der Waals surface area (Å²) in [7, 11) is 2.11. The number of imide groups is 1. The minimum absolute atomic E-state index is 0.164. The topological polar surface area (TPSA) is 69.7 Å². The van der Waals surface area contributed by atoms with Crippen molar-refractivity contribution in [2.75, 3.05) is 20.1 Å². The summed E-state index contributed by atoms with van der Waals surface area (Å²) in [6.07, 6.45) is 10.7. The summed E-state index contributed by atoms with van der Waals surface area (Å²) >= 11 is 0. The van der Waals surface area contributed by atoms with Gasteiger partial charge in [-0.1, -0.05) is 38.8 Å². The van der Waals surface area contributed by atoms with Crippen LogP contribution >= 0.6 is 0 Å². The van der Waals surface area contributed by atoms with Gasteiger partial charge in [0.15, 0.2) is 0 Å². The molecule has 0 bridgehead atoms. The number of hydrogen-bond donors (Lipinski definition) is 1. The minimum Gasteiger partial charge on any atom is -0.353 e. The van der Waals surface area contributed by atoms with Crippen molar-refractivity contribution in [2.24, 2.45) is 17.8 Å². The van der Waals surface area contributed by atoms with Gasteiger partial charge in [0, 0.05) is 19.1 Å². The average molecular weight is 390 g/mol. The van der Waals surface area contributed by atoms with Crippen LogP contribution in [0, 0.1) is 17.8 Å². The normalized spacial score (nSPS) is 26.4. The third-order valence-electron chi connectivity index (χ3n) is 6.56. The van der Waals surface area contributed by atoms with E-state index in [0.717, 1.165) is 6.54 Å². The molecule has 0 aromatic carbocycles. The summed E-state index contributed by atoms with van der Waals surface area (Å²) in [4.78, 5) is 42.4. The number of allylic oxidation sites excluding steroid dienone is 2. The van der Waals surface area contributed by atoms with Gasteiger partial charge in [0.25, 0.3) is 0 Å². The molecule has 3 rings (SSSR count).